The highest BCUT2D eigenvalue weighted by Gasteiger charge is 2.31. The number of hydrogen-bond acceptors (Lipinski definition) is 4. The minimum absolute atomic E-state index is 0. The summed E-state index contributed by atoms with van der Waals surface area (Å²) >= 11 is 0. The Morgan fingerprint density at radius 2 is 1.74 bits per heavy atom. The molecule has 2 aromatic rings. The SMILES string of the molecule is Cl.N[C@@H]1CN(Cc2ccccc2[N+](=O)[O-])C[C@H]1c1ccccc1. The molecular weight excluding hydrogens is 314 g/mol. The number of nitro groups is 1. The Morgan fingerprint density at radius 1 is 1.09 bits per heavy atom. The first kappa shape index (κ1) is 17.4. The number of hydrogen-bond donors (Lipinski definition) is 1. The fraction of sp³-hybridized carbons (Fsp3) is 0.294. The van der Waals surface area contributed by atoms with E-state index < -0.39 is 0 Å². The molecule has 1 heterocycles. The summed E-state index contributed by atoms with van der Waals surface area (Å²) in [7, 11) is 0. The van der Waals surface area contributed by atoms with Crippen LogP contribution in [0.2, 0.25) is 0 Å². The van der Waals surface area contributed by atoms with Gasteiger partial charge in [-0.2, -0.15) is 0 Å². The molecule has 0 unspecified atom stereocenters. The lowest BCUT2D eigenvalue weighted by Crippen LogP contribution is -2.28. The van der Waals surface area contributed by atoms with Crippen molar-refractivity contribution in [3.63, 3.8) is 0 Å². The van der Waals surface area contributed by atoms with Crippen LogP contribution in [-0.4, -0.2) is 29.0 Å². The number of halogens is 1. The summed E-state index contributed by atoms with van der Waals surface area (Å²) in [5, 5.41) is 11.1. The zero-order valence-electron chi connectivity index (χ0n) is 12.7. The highest BCUT2D eigenvalue weighted by atomic mass is 35.5. The predicted octanol–water partition coefficient (Wildman–Crippen LogP) is 2.94. The number of rotatable bonds is 4. The number of nitrogens with zero attached hydrogens (tertiary/aromatic N) is 2. The number of nitro benzene ring substituents is 1. The largest absolute Gasteiger partial charge is 0.326 e. The molecule has 0 bridgehead atoms. The van der Waals surface area contributed by atoms with Crippen molar-refractivity contribution in [2.45, 2.75) is 18.5 Å². The zero-order chi connectivity index (χ0) is 15.5. The van der Waals surface area contributed by atoms with Crippen LogP contribution in [0.25, 0.3) is 0 Å². The smallest absolute Gasteiger partial charge is 0.273 e. The highest BCUT2D eigenvalue weighted by Crippen LogP contribution is 2.29. The van der Waals surface area contributed by atoms with E-state index in [9.17, 15) is 10.1 Å². The average molecular weight is 334 g/mol. The van der Waals surface area contributed by atoms with Gasteiger partial charge in [0.25, 0.3) is 5.69 Å². The van der Waals surface area contributed by atoms with Gasteiger partial charge in [0.05, 0.1) is 4.92 Å². The Bertz CT molecular complexity index is 666. The predicted molar refractivity (Wildman–Crippen MR) is 92.8 cm³/mol. The van der Waals surface area contributed by atoms with E-state index in [-0.39, 0.29) is 35.0 Å². The van der Waals surface area contributed by atoms with Crippen LogP contribution in [0.3, 0.4) is 0 Å². The van der Waals surface area contributed by atoms with Crippen LogP contribution in [0, 0.1) is 10.1 Å². The van der Waals surface area contributed by atoms with Crippen molar-refractivity contribution in [3.05, 3.63) is 75.8 Å². The van der Waals surface area contributed by atoms with E-state index in [4.69, 9.17) is 5.73 Å². The van der Waals surface area contributed by atoms with Gasteiger partial charge >= 0.3 is 0 Å². The molecule has 0 amide bonds. The van der Waals surface area contributed by atoms with E-state index >= 15 is 0 Å². The van der Waals surface area contributed by atoms with E-state index in [0.717, 1.165) is 18.7 Å². The van der Waals surface area contributed by atoms with Gasteiger partial charge in [0.1, 0.15) is 0 Å². The molecule has 0 aliphatic carbocycles. The molecule has 6 heteroatoms. The molecule has 0 aromatic heterocycles. The van der Waals surface area contributed by atoms with E-state index in [1.165, 1.54) is 5.56 Å². The van der Waals surface area contributed by atoms with Crippen molar-refractivity contribution in [1.82, 2.24) is 4.90 Å². The summed E-state index contributed by atoms with van der Waals surface area (Å²) in [4.78, 5) is 13.0. The van der Waals surface area contributed by atoms with Crippen LogP contribution < -0.4 is 5.73 Å². The van der Waals surface area contributed by atoms with Crippen LogP contribution in [0.15, 0.2) is 54.6 Å². The molecule has 3 rings (SSSR count). The fourth-order valence-electron chi connectivity index (χ4n) is 3.16. The number of benzene rings is 2. The van der Waals surface area contributed by atoms with Gasteiger partial charge in [-0.25, -0.2) is 0 Å². The van der Waals surface area contributed by atoms with E-state index in [1.54, 1.807) is 12.1 Å². The van der Waals surface area contributed by atoms with Crippen LogP contribution >= 0.6 is 12.4 Å². The standard InChI is InChI=1S/C17H19N3O2.ClH/c18-16-12-19(11-15(16)13-6-2-1-3-7-13)10-14-8-4-5-9-17(14)20(21)22;/h1-9,15-16H,10-12,18H2;1H/t15-,16+;/m0./s1. The van der Waals surface area contributed by atoms with Gasteiger partial charge < -0.3 is 5.73 Å². The molecule has 122 valence electrons. The van der Waals surface area contributed by atoms with Crippen molar-refractivity contribution >= 4 is 18.1 Å². The summed E-state index contributed by atoms with van der Waals surface area (Å²) < 4.78 is 0. The first-order valence-electron chi connectivity index (χ1n) is 7.40. The molecule has 5 nitrogen and oxygen atoms in total. The van der Waals surface area contributed by atoms with E-state index in [1.807, 2.05) is 30.3 Å². The quantitative estimate of drug-likeness (QED) is 0.689. The third-order valence-corrected chi connectivity index (χ3v) is 4.25. The van der Waals surface area contributed by atoms with Crippen LogP contribution in [-0.2, 0) is 6.54 Å². The Balaban J connectivity index is 0.00000192. The Labute approximate surface area is 141 Å². The van der Waals surface area contributed by atoms with Crippen LogP contribution in [0.5, 0.6) is 0 Å². The molecule has 0 radical (unpaired) electrons. The molecule has 1 aliphatic rings. The van der Waals surface area contributed by atoms with Gasteiger partial charge in [-0.05, 0) is 5.56 Å². The summed E-state index contributed by atoms with van der Waals surface area (Å²) in [6, 6.07) is 17.2. The summed E-state index contributed by atoms with van der Waals surface area (Å²) in [5.74, 6) is 0.281. The van der Waals surface area contributed by atoms with Crippen LogP contribution in [0.1, 0.15) is 17.0 Å². The van der Waals surface area contributed by atoms with Crippen molar-refractivity contribution in [2.75, 3.05) is 13.1 Å². The molecule has 2 N–H and O–H groups in total. The minimum atomic E-state index is -0.319. The van der Waals surface area contributed by atoms with Gasteiger partial charge in [-0.1, -0.05) is 48.5 Å². The summed E-state index contributed by atoms with van der Waals surface area (Å²) in [6.07, 6.45) is 0. The second kappa shape index (κ2) is 7.55. The van der Waals surface area contributed by atoms with Crippen LogP contribution in [0.4, 0.5) is 5.69 Å². The normalized spacial score (nSPS) is 20.9. The Kier molecular flexibility index (Phi) is 5.71. The Morgan fingerprint density at radius 3 is 2.43 bits per heavy atom. The van der Waals surface area contributed by atoms with Crippen molar-refractivity contribution in [3.8, 4) is 0 Å². The molecule has 0 spiro atoms. The van der Waals surface area contributed by atoms with Gasteiger partial charge in [-0.15, -0.1) is 12.4 Å². The zero-order valence-corrected chi connectivity index (χ0v) is 13.5. The topological polar surface area (TPSA) is 72.4 Å². The maximum atomic E-state index is 11.1. The molecule has 0 saturated carbocycles. The van der Waals surface area contributed by atoms with E-state index in [2.05, 4.69) is 17.0 Å². The molecule has 23 heavy (non-hydrogen) atoms. The summed E-state index contributed by atoms with van der Waals surface area (Å²) in [5.41, 5.74) is 8.44. The lowest BCUT2D eigenvalue weighted by Gasteiger charge is -2.16. The fourth-order valence-corrected chi connectivity index (χ4v) is 3.16. The molecule has 2 aromatic carbocycles. The van der Waals surface area contributed by atoms with Gasteiger partial charge in [0.15, 0.2) is 0 Å². The van der Waals surface area contributed by atoms with Gasteiger partial charge in [0.2, 0.25) is 0 Å². The first-order chi connectivity index (χ1) is 10.6. The molecule has 1 fully saturated rings. The highest BCUT2D eigenvalue weighted by molar-refractivity contribution is 5.85. The molecule has 1 saturated heterocycles. The average Bonchev–Trinajstić information content (AvgIpc) is 2.89. The summed E-state index contributed by atoms with van der Waals surface area (Å²) in [6.45, 7) is 2.15. The number of para-hydroxylation sites is 1. The minimum Gasteiger partial charge on any atom is -0.326 e. The second-order valence-electron chi connectivity index (χ2n) is 5.76. The van der Waals surface area contributed by atoms with E-state index in [0.29, 0.717) is 6.54 Å². The van der Waals surface area contributed by atoms with Gasteiger partial charge in [-0.3, -0.25) is 15.0 Å². The molecular formula is C17H20ClN3O2. The maximum absolute atomic E-state index is 11.1. The first-order valence-corrected chi connectivity index (χ1v) is 7.40. The third kappa shape index (κ3) is 3.88. The van der Waals surface area contributed by atoms with Crippen molar-refractivity contribution in [1.29, 1.82) is 0 Å². The monoisotopic (exact) mass is 333 g/mol. The second-order valence-corrected chi connectivity index (χ2v) is 5.76. The van der Waals surface area contributed by atoms with Crippen molar-refractivity contribution < 1.29 is 4.92 Å². The van der Waals surface area contributed by atoms with Crippen molar-refractivity contribution in [2.24, 2.45) is 5.73 Å². The number of likely N-dealkylation sites (tertiary alicyclic amines) is 1. The number of nitrogens with two attached hydrogens (primary N) is 1. The maximum Gasteiger partial charge on any atom is 0.273 e. The van der Waals surface area contributed by atoms with Gasteiger partial charge in [0, 0.05) is 43.2 Å². The molecule has 1 aliphatic heterocycles. The molecule has 2 atom stereocenters. The Hall–Kier alpha value is -1.95. The third-order valence-electron chi connectivity index (χ3n) is 4.25. The lowest BCUT2D eigenvalue weighted by atomic mass is 9.95. The lowest BCUT2D eigenvalue weighted by molar-refractivity contribution is -0.385.